The Kier molecular flexibility index (Phi) is 3.75. The third-order valence-corrected chi connectivity index (χ3v) is 5.49. The fourth-order valence-electron chi connectivity index (χ4n) is 2.37. The number of carbonyl (C=O) groups excluding carboxylic acids is 2. The highest BCUT2D eigenvalue weighted by Crippen LogP contribution is 2.36. The Morgan fingerprint density at radius 2 is 1.94 bits per heavy atom. The van der Waals surface area contributed by atoms with Gasteiger partial charge in [0.2, 0.25) is 0 Å². The van der Waals surface area contributed by atoms with Gasteiger partial charge in [-0.15, -0.1) is 0 Å². The first kappa shape index (κ1) is 12.5. The van der Waals surface area contributed by atoms with E-state index < -0.39 is 9.52 Å². The molecule has 0 radical (unpaired) electrons. The lowest BCUT2D eigenvalue weighted by Gasteiger charge is -2.22. The number of allylic oxidation sites excluding steroid dienone is 2. The van der Waals surface area contributed by atoms with Crippen LogP contribution in [0.25, 0.3) is 0 Å². The van der Waals surface area contributed by atoms with Crippen molar-refractivity contribution in [1.82, 2.24) is 0 Å². The van der Waals surface area contributed by atoms with Crippen LogP contribution in [0.5, 0.6) is 0 Å². The van der Waals surface area contributed by atoms with E-state index in [1.807, 2.05) is 0 Å². The molecule has 6 heteroatoms. The van der Waals surface area contributed by atoms with Crippen LogP contribution < -0.4 is 0 Å². The Labute approximate surface area is 102 Å². The molecule has 1 aliphatic carbocycles. The predicted molar refractivity (Wildman–Crippen MR) is 61.7 cm³/mol. The minimum Gasteiger partial charge on any atom is -0.393 e. The molecule has 2 atom stereocenters. The molecule has 94 valence electrons. The maximum Gasteiger partial charge on any atom is 0.317 e. The lowest BCUT2D eigenvalue weighted by molar-refractivity contribution is -0.153. The maximum atomic E-state index is 11.5. The van der Waals surface area contributed by atoms with Crippen molar-refractivity contribution in [3.8, 4) is 0 Å². The van der Waals surface area contributed by atoms with E-state index >= 15 is 0 Å². The first-order valence-electron chi connectivity index (χ1n) is 5.64. The Bertz CT molecular complexity index is 361. The topological polar surface area (TPSA) is 61.8 Å². The van der Waals surface area contributed by atoms with Gasteiger partial charge in [0.1, 0.15) is 15.4 Å². The lowest BCUT2D eigenvalue weighted by Crippen LogP contribution is -2.29. The molecule has 0 bridgehead atoms. The molecule has 0 amide bonds. The summed E-state index contributed by atoms with van der Waals surface area (Å²) < 4.78 is 15.0. The summed E-state index contributed by atoms with van der Waals surface area (Å²) in [6, 6.07) is 0. The number of cyclic esters (lactones) is 2. The fourth-order valence-corrected chi connectivity index (χ4v) is 3.94. The van der Waals surface area contributed by atoms with Crippen LogP contribution in [-0.4, -0.2) is 41.6 Å². The molecule has 0 aromatic heterocycles. The Balaban J connectivity index is 2.02. The molecule has 17 heavy (non-hydrogen) atoms. The summed E-state index contributed by atoms with van der Waals surface area (Å²) >= 11 is 0. The zero-order valence-electron chi connectivity index (χ0n) is 9.97. The molecule has 1 saturated heterocycles. The normalized spacial score (nSPS) is 28.8. The van der Waals surface area contributed by atoms with E-state index in [0.29, 0.717) is 12.8 Å². The SMILES string of the molecule is COC(OC)[SiH2]C1=CCC2C(=O)OC(=O)C2C1. The number of hydrogen-bond acceptors (Lipinski definition) is 5. The average molecular weight is 256 g/mol. The molecule has 0 aromatic carbocycles. The number of hydrogen-bond donors (Lipinski definition) is 0. The highest BCUT2D eigenvalue weighted by molar-refractivity contribution is 6.46. The predicted octanol–water partition coefficient (Wildman–Crippen LogP) is -0.275. The largest absolute Gasteiger partial charge is 0.393 e. The number of esters is 2. The van der Waals surface area contributed by atoms with Crippen LogP contribution in [0.15, 0.2) is 11.3 Å². The van der Waals surface area contributed by atoms with Gasteiger partial charge in [-0.3, -0.25) is 9.59 Å². The molecule has 0 aromatic rings. The minimum atomic E-state index is -0.699. The highest BCUT2D eigenvalue weighted by Gasteiger charge is 2.45. The average Bonchev–Trinajstić information content (AvgIpc) is 2.62. The van der Waals surface area contributed by atoms with Gasteiger partial charge in [-0.25, -0.2) is 0 Å². The summed E-state index contributed by atoms with van der Waals surface area (Å²) in [6.07, 6.45) is 3.29. The number of carbonyl (C=O) groups is 2. The van der Waals surface area contributed by atoms with Crippen LogP contribution in [0.1, 0.15) is 12.8 Å². The number of rotatable bonds is 4. The highest BCUT2D eigenvalue weighted by atomic mass is 28.2. The van der Waals surface area contributed by atoms with E-state index in [4.69, 9.17) is 9.47 Å². The van der Waals surface area contributed by atoms with Gasteiger partial charge < -0.3 is 14.2 Å². The molecular weight excluding hydrogens is 240 g/mol. The summed E-state index contributed by atoms with van der Waals surface area (Å²) in [5.41, 5.74) is 0. The van der Waals surface area contributed by atoms with Crippen molar-refractivity contribution in [3.05, 3.63) is 11.3 Å². The van der Waals surface area contributed by atoms with Crippen molar-refractivity contribution < 1.29 is 23.8 Å². The molecule has 5 nitrogen and oxygen atoms in total. The monoisotopic (exact) mass is 256 g/mol. The first-order valence-corrected chi connectivity index (χ1v) is 7.17. The summed E-state index contributed by atoms with van der Waals surface area (Å²) in [7, 11) is 2.53. The standard InChI is InChI=1S/C11H16O5Si/c1-14-11(15-2)17-6-3-4-7-8(5-6)10(13)16-9(7)12/h3,7-8,11H,4-5,17H2,1-2H3. The van der Waals surface area contributed by atoms with E-state index in [1.54, 1.807) is 14.2 Å². The van der Waals surface area contributed by atoms with Crippen LogP contribution >= 0.6 is 0 Å². The van der Waals surface area contributed by atoms with Gasteiger partial charge in [0.15, 0.2) is 0 Å². The molecule has 0 N–H and O–H groups in total. The van der Waals surface area contributed by atoms with Gasteiger partial charge >= 0.3 is 11.9 Å². The Hall–Kier alpha value is -0.983. The summed E-state index contributed by atoms with van der Waals surface area (Å²) in [6.45, 7) is 0. The molecule has 2 rings (SSSR count). The van der Waals surface area contributed by atoms with Gasteiger partial charge in [0.05, 0.1) is 11.8 Å². The second-order valence-corrected chi connectivity index (χ2v) is 6.34. The summed E-state index contributed by atoms with van der Waals surface area (Å²) in [4.78, 5) is 22.8. The molecule has 1 fully saturated rings. The van der Waals surface area contributed by atoms with E-state index in [-0.39, 0.29) is 29.7 Å². The smallest absolute Gasteiger partial charge is 0.317 e. The summed E-state index contributed by atoms with van der Waals surface area (Å²) in [5.74, 6) is -1.43. The molecule has 1 aliphatic heterocycles. The van der Waals surface area contributed by atoms with Crippen molar-refractivity contribution in [2.45, 2.75) is 18.8 Å². The molecule has 0 saturated carbocycles. The van der Waals surface area contributed by atoms with E-state index in [1.165, 1.54) is 5.20 Å². The second kappa shape index (κ2) is 5.12. The van der Waals surface area contributed by atoms with Crippen molar-refractivity contribution in [3.63, 3.8) is 0 Å². The third kappa shape index (κ3) is 2.48. The zero-order chi connectivity index (χ0) is 12.4. The van der Waals surface area contributed by atoms with Crippen molar-refractivity contribution in [2.24, 2.45) is 11.8 Å². The van der Waals surface area contributed by atoms with Crippen LogP contribution in [0.3, 0.4) is 0 Å². The molecule has 2 unspecified atom stereocenters. The van der Waals surface area contributed by atoms with Gasteiger partial charge in [-0.2, -0.15) is 0 Å². The van der Waals surface area contributed by atoms with E-state index in [2.05, 4.69) is 10.8 Å². The number of ether oxygens (including phenoxy) is 3. The molecule has 2 aliphatic rings. The van der Waals surface area contributed by atoms with Crippen molar-refractivity contribution >= 4 is 21.5 Å². The zero-order valence-corrected chi connectivity index (χ0v) is 11.4. The van der Waals surface area contributed by atoms with Gasteiger partial charge in [0, 0.05) is 14.2 Å². The quantitative estimate of drug-likeness (QED) is 0.300. The van der Waals surface area contributed by atoms with Crippen molar-refractivity contribution in [1.29, 1.82) is 0 Å². The second-order valence-electron chi connectivity index (χ2n) is 4.36. The summed E-state index contributed by atoms with van der Waals surface area (Å²) in [5, 5.41) is 1.23. The minimum absolute atomic E-state index is 0.161. The van der Waals surface area contributed by atoms with Crippen LogP contribution in [0.4, 0.5) is 0 Å². The molecular formula is C11H16O5Si. The van der Waals surface area contributed by atoms with Crippen LogP contribution in [0.2, 0.25) is 0 Å². The van der Waals surface area contributed by atoms with Crippen molar-refractivity contribution in [2.75, 3.05) is 14.2 Å². The van der Waals surface area contributed by atoms with Crippen LogP contribution in [-0.2, 0) is 23.8 Å². The number of fused-ring (bicyclic) bond motifs is 1. The van der Waals surface area contributed by atoms with Gasteiger partial charge in [-0.1, -0.05) is 11.3 Å². The van der Waals surface area contributed by atoms with Crippen LogP contribution in [0, 0.1) is 11.8 Å². The lowest BCUT2D eigenvalue weighted by atomic mass is 9.85. The Morgan fingerprint density at radius 3 is 2.59 bits per heavy atom. The number of methoxy groups -OCH3 is 2. The van der Waals surface area contributed by atoms with E-state index in [0.717, 1.165) is 0 Å². The fraction of sp³-hybridized carbons (Fsp3) is 0.636. The van der Waals surface area contributed by atoms with Gasteiger partial charge in [0.25, 0.3) is 0 Å². The molecule has 0 spiro atoms. The van der Waals surface area contributed by atoms with Gasteiger partial charge in [-0.05, 0) is 12.8 Å². The van der Waals surface area contributed by atoms with E-state index in [9.17, 15) is 9.59 Å². The maximum absolute atomic E-state index is 11.5. The molecule has 1 heterocycles. The third-order valence-electron chi connectivity index (χ3n) is 3.39. The first-order chi connectivity index (χ1) is 8.15. The Morgan fingerprint density at radius 1 is 1.29 bits per heavy atom.